The zero-order valence-electron chi connectivity index (χ0n) is 17.3. The maximum absolute atomic E-state index is 13.3. The van der Waals surface area contributed by atoms with E-state index < -0.39 is 22.5 Å². The number of hydrogen-bond acceptors (Lipinski definition) is 5. The SMILES string of the molecule is CCOc1ccc(S(=O)(=O)N(CC(=O)N/N=C\c2ccc(F)cc2)c2ccccc2)cc1. The van der Waals surface area contributed by atoms with E-state index in [1.807, 2.05) is 6.92 Å². The van der Waals surface area contributed by atoms with Gasteiger partial charge < -0.3 is 4.74 Å². The Kier molecular flexibility index (Phi) is 7.56. The molecule has 7 nitrogen and oxygen atoms in total. The number of ether oxygens (including phenoxy) is 1. The van der Waals surface area contributed by atoms with Gasteiger partial charge >= 0.3 is 0 Å². The number of hydrogen-bond donors (Lipinski definition) is 1. The van der Waals surface area contributed by atoms with E-state index in [0.29, 0.717) is 23.6 Å². The van der Waals surface area contributed by atoms with Crippen LogP contribution in [0.15, 0.2) is 88.9 Å². The summed E-state index contributed by atoms with van der Waals surface area (Å²) in [4.78, 5) is 12.5. The van der Waals surface area contributed by atoms with Crippen molar-refractivity contribution in [1.82, 2.24) is 5.43 Å². The number of halogens is 1. The third-order valence-corrected chi connectivity index (χ3v) is 6.12. The van der Waals surface area contributed by atoms with Gasteiger partial charge in [0, 0.05) is 0 Å². The summed E-state index contributed by atoms with van der Waals surface area (Å²) in [7, 11) is -4.04. The number of nitrogens with one attached hydrogen (secondary N) is 1. The first-order valence-electron chi connectivity index (χ1n) is 9.78. The smallest absolute Gasteiger partial charge is 0.264 e. The summed E-state index contributed by atoms with van der Waals surface area (Å²) in [6.45, 7) is 1.81. The Morgan fingerprint density at radius 1 is 1.03 bits per heavy atom. The highest BCUT2D eigenvalue weighted by atomic mass is 32.2. The van der Waals surface area contributed by atoms with Crippen molar-refractivity contribution in [2.45, 2.75) is 11.8 Å². The molecule has 0 atom stereocenters. The highest BCUT2D eigenvalue weighted by Gasteiger charge is 2.27. The third kappa shape index (κ3) is 5.92. The monoisotopic (exact) mass is 455 g/mol. The second kappa shape index (κ2) is 10.5. The molecule has 0 saturated carbocycles. The van der Waals surface area contributed by atoms with Crippen LogP contribution in [-0.4, -0.2) is 33.7 Å². The lowest BCUT2D eigenvalue weighted by atomic mass is 10.2. The number of carbonyl (C=O) groups excluding carboxylic acids is 1. The van der Waals surface area contributed by atoms with Crippen LogP contribution in [0, 0.1) is 5.82 Å². The lowest BCUT2D eigenvalue weighted by Crippen LogP contribution is -2.39. The molecule has 0 radical (unpaired) electrons. The van der Waals surface area contributed by atoms with E-state index in [9.17, 15) is 17.6 Å². The number of nitrogens with zero attached hydrogens (tertiary/aromatic N) is 2. The summed E-state index contributed by atoms with van der Waals surface area (Å²) in [5.41, 5.74) is 3.22. The van der Waals surface area contributed by atoms with E-state index in [1.54, 1.807) is 42.5 Å². The van der Waals surface area contributed by atoms with Crippen LogP contribution in [0.1, 0.15) is 12.5 Å². The van der Waals surface area contributed by atoms with Gasteiger partial charge in [-0.1, -0.05) is 30.3 Å². The Balaban J connectivity index is 1.79. The molecule has 0 bridgehead atoms. The van der Waals surface area contributed by atoms with Crippen molar-refractivity contribution in [1.29, 1.82) is 0 Å². The Morgan fingerprint density at radius 2 is 1.69 bits per heavy atom. The van der Waals surface area contributed by atoms with Crippen LogP contribution >= 0.6 is 0 Å². The molecule has 0 aliphatic heterocycles. The van der Waals surface area contributed by atoms with Crippen molar-refractivity contribution < 1.29 is 22.3 Å². The van der Waals surface area contributed by atoms with Crippen LogP contribution in [0.25, 0.3) is 0 Å². The molecule has 0 fully saturated rings. The minimum Gasteiger partial charge on any atom is -0.494 e. The molecule has 0 saturated heterocycles. The Morgan fingerprint density at radius 3 is 2.31 bits per heavy atom. The van der Waals surface area contributed by atoms with Crippen LogP contribution < -0.4 is 14.5 Å². The fourth-order valence-electron chi connectivity index (χ4n) is 2.80. The Labute approximate surface area is 186 Å². The number of sulfonamides is 1. The van der Waals surface area contributed by atoms with Gasteiger partial charge in [-0.2, -0.15) is 5.10 Å². The van der Waals surface area contributed by atoms with Crippen molar-refractivity contribution >= 4 is 27.8 Å². The van der Waals surface area contributed by atoms with E-state index in [0.717, 1.165) is 4.31 Å². The number of amides is 1. The van der Waals surface area contributed by atoms with Gasteiger partial charge in [0.25, 0.3) is 15.9 Å². The van der Waals surface area contributed by atoms with E-state index in [4.69, 9.17) is 4.74 Å². The molecular weight excluding hydrogens is 433 g/mol. The lowest BCUT2D eigenvalue weighted by molar-refractivity contribution is -0.119. The molecule has 0 heterocycles. The largest absolute Gasteiger partial charge is 0.494 e. The Bertz CT molecular complexity index is 1170. The molecule has 3 rings (SSSR count). The maximum Gasteiger partial charge on any atom is 0.264 e. The summed E-state index contributed by atoms with van der Waals surface area (Å²) in [5.74, 6) is -0.475. The van der Waals surface area contributed by atoms with Gasteiger partial charge in [0.15, 0.2) is 0 Å². The summed E-state index contributed by atoms with van der Waals surface area (Å²) in [5, 5.41) is 3.82. The number of hydrazone groups is 1. The van der Waals surface area contributed by atoms with Crippen molar-refractivity contribution in [3.8, 4) is 5.75 Å². The average Bonchev–Trinajstić information content (AvgIpc) is 2.80. The minimum absolute atomic E-state index is 0.0208. The second-order valence-corrected chi connectivity index (χ2v) is 8.46. The number of para-hydroxylation sites is 1. The van der Waals surface area contributed by atoms with Crippen LogP contribution in [0.4, 0.5) is 10.1 Å². The number of rotatable bonds is 9. The summed E-state index contributed by atoms with van der Waals surface area (Å²) in [6, 6.07) is 19.8. The molecule has 9 heteroatoms. The number of benzene rings is 3. The fourth-order valence-corrected chi connectivity index (χ4v) is 4.23. The molecule has 3 aromatic rings. The molecule has 1 N–H and O–H groups in total. The number of carbonyl (C=O) groups is 1. The van der Waals surface area contributed by atoms with Gasteiger partial charge in [0.2, 0.25) is 0 Å². The van der Waals surface area contributed by atoms with Gasteiger partial charge in [-0.3, -0.25) is 9.10 Å². The molecule has 0 aliphatic rings. The van der Waals surface area contributed by atoms with Crippen molar-refractivity contribution in [3.05, 3.63) is 90.2 Å². The van der Waals surface area contributed by atoms with Crippen molar-refractivity contribution in [2.24, 2.45) is 5.10 Å². The summed E-state index contributed by atoms with van der Waals surface area (Å²) < 4.78 is 45.9. The van der Waals surface area contributed by atoms with E-state index in [2.05, 4.69) is 10.5 Å². The summed E-state index contributed by atoms with van der Waals surface area (Å²) in [6.07, 6.45) is 1.34. The molecule has 0 spiro atoms. The first-order chi connectivity index (χ1) is 15.4. The summed E-state index contributed by atoms with van der Waals surface area (Å²) >= 11 is 0. The Hall–Kier alpha value is -3.72. The van der Waals surface area contributed by atoms with E-state index in [1.165, 1.54) is 42.6 Å². The quantitative estimate of drug-likeness (QED) is 0.395. The van der Waals surface area contributed by atoms with Gasteiger partial charge in [-0.05, 0) is 61.0 Å². The van der Waals surface area contributed by atoms with Crippen LogP contribution in [0.3, 0.4) is 0 Å². The third-order valence-electron chi connectivity index (χ3n) is 4.33. The molecule has 32 heavy (non-hydrogen) atoms. The van der Waals surface area contributed by atoms with Gasteiger partial charge in [0.1, 0.15) is 18.1 Å². The zero-order valence-corrected chi connectivity index (χ0v) is 18.1. The predicted molar refractivity (Wildman–Crippen MR) is 121 cm³/mol. The first kappa shape index (κ1) is 23.0. The normalized spacial score (nSPS) is 11.3. The van der Waals surface area contributed by atoms with E-state index in [-0.39, 0.29) is 10.7 Å². The molecule has 0 unspecified atom stereocenters. The maximum atomic E-state index is 13.3. The predicted octanol–water partition coefficient (Wildman–Crippen LogP) is 3.57. The van der Waals surface area contributed by atoms with Gasteiger partial charge in [-0.25, -0.2) is 18.2 Å². The van der Waals surface area contributed by atoms with Gasteiger partial charge in [-0.15, -0.1) is 0 Å². The highest BCUT2D eigenvalue weighted by molar-refractivity contribution is 7.92. The second-order valence-electron chi connectivity index (χ2n) is 6.60. The zero-order chi connectivity index (χ0) is 23.0. The van der Waals surface area contributed by atoms with Crippen molar-refractivity contribution in [2.75, 3.05) is 17.5 Å². The molecule has 0 aliphatic carbocycles. The topological polar surface area (TPSA) is 88.1 Å². The molecular formula is C23H22FN3O4S. The number of anilines is 1. The van der Waals surface area contributed by atoms with Crippen molar-refractivity contribution in [3.63, 3.8) is 0 Å². The van der Waals surface area contributed by atoms with Crippen LogP contribution in [0.2, 0.25) is 0 Å². The lowest BCUT2D eigenvalue weighted by Gasteiger charge is -2.23. The minimum atomic E-state index is -4.04. The average molecular weight is 456 g/mol. The standard InChI is InChI=1S/C23H22FN3O4S/c1-2-31-21-12-14-22(15-13-21)32(29,30)27(20-6-4-3-5-7-20)17-23(28)26-25-16-18-8-10-19(24)11-9-18/h3-16H,2,17H2,1H3,(H,26,28)/b25-16-. The molecule has 3 aromatic carbocycles. The fraction of sp³-hybridized carbons (Fsp3) is 0.130. The van der Waals surface area contributed by atoms with Crippen LogP contribution in [-0.2, 0) is 14.8 Å². The first-order valence-corrected chi connectivity index (χ1v) is 11.2. The molecule has 0 aromatic heterocycles. The van der Waals surface area contributed by atoms with Gasteiger partial charge in [0.05, 0.1) is 23.4 Å². The molecule has 1 amide bonds. The van der Waals surface area contributed by atoms with E-state index >= 15 is 0 Å². The van der Waals surface area contributed by atoms with Crippen LogP contribution in [0.5, 0.6) is 5.75 Å². The highest BCUT2D eigenvalue weighted by Crippen LogP contribution is 2.25. The molecule has 166 valence electrons.